The average Bonchev–Trinajstić information content (AvgIpc) is 3.31. The summed E-state index contributed by atoms with van der Waals surface area (Å²) in [6, 6.07) is 11.1. The van der Waals surface area contributed by atoms with Crippen molar-refractivity contribution in [2.75, 3.05) is 33.6 Å². The highest BCUT2D eigenvalue weighted by molar-refractivity contribution is 6.04. The normalized spacial score (nSPS) is 10.8. The molecular formula is C25H30N4O5. The smallest absolute Gasteiger partial charge is 0.255 e. The van der Waals surface area contributed by atoms with Gasteiger partial charge in [-0.15, -0.1) is 0 Å². The summed E-state index contributed by atoms with van der Waals surface area (Å²) in [5.41, 5.74) is 2.70. The van der Waals surface area contributed by atoms with Gasteiger partial charge < -0.3 is 24.2 Å². The molecule has 2 aromatic carbocycles. The minimum atomic E-state index is -0.305. The van der Waals surface area contributed by atoms with Crippen molar-refractivity contribution in [3.05, 3.63) is 53.4 Å². The molecule has 0 spiro atoms. The Kier molecular flexibility index (Phi) is 7.88. The molecule has 9 nitrogen and oxygen atoms in total. The SMILES string of the molecule is COc1cc(NC(=O)CCc2nc(-c3ccc(C(C)C)cc3)no2)c(C(=O)N(C)C)cc1OC. The average molecular weight is 467 g/mol. The lowest BCUT2D eigenvalue weighted by molar-refractivity contribution is -0.116. The molecule has 0 atom stereocenters. The topological polar surface area (TPSA) is 107 Å². The van der Waals surface area contributed by atoms with Crippen molar-refractivity contribution in [3.63, 3.8) is 0 Å². The lowest BCUT2D eigenvalue weighted by atomic mass is 10.0. The molecule has 3 rings (SSSR count). The van der Waals surface area contributed by atoms with E-state index < -0.39 is 0 Å². The Morgan fingerprint density at radius 1 is 1.06 bits per heavy atom. The number of amides is 2. The van der Waals surface area contributed by atoms with Gasteiger partial charge in [0.15, 0.2) is 11.5 Å². The number of nitrogens with zero attached hydrogens (tertiary/aromatic N) is 3. The number of aromatic nitrogens is 2. The third-order valence-electron chi connectivity index (χ3n) is 5.30. The molecule has 0 fully saturated rings. The Labute approximate surface area is 199 Å². The Hall–Kier alpha value is -3.88. The van der Waals surface area contributed by atoms with Gasteiger partial charge in [-0.05, 0) is 17.5 Å². The van der Waals surface area contributed by atoms with Crippen molar-refractivity contribution in [1.82, 2.24) is 15.0 Å². The molecule has 0 saturated carbocycles. The zero-order chi connectivity index (χ0) is 24.8. The Bertz CT molecular complexity index is 1150. The number of aryl methyl sites for hydroxylation is 1. The molecule has 1 N–H and O–H groups in total. The zero-order valence-electron chi connectivity index (χ0n) is 20.3. The monoisotopic (exact) mass is 466 g/mol. The predicted octanol–water partition coefficient (Wildman–Crippen LogP) is 4.15. The molecule has 0 aliphatic heterocycles. The van der Waals surface area contributed by atoms with Crippen LogP contribution in [0.1, 0.15) is 48.0 Å². The second-order valence-electron chi connectivity index (χ2n) is 8.29. The van der Waals surface area contributed by atoms with Crippen LogP contribution in [0.4, 0.5) is 5.69 Å². The van der Waals surface area contributed by atoms with Crippen LogP contribution in [-0.4, -0.2) is 55.2 Å². The van der Waals surface area contributed by atoms with Gasteiger partial charge in [-0.2, -0.15) is 4.98 Å². The van der Waals surface area contributed by atoms with Gasteiger partial charge in [0.1, 0.15) is 0 Å². The minimum Gasteiger partial charge on any atom is -0.493 e. The molecular weight excluding hydrogens is 436 g/mol. The quantitative estimate of drug-likeness (QED) is 0.505. The number of nitrogens with one attached hydrogen (secondary N) is 1. The predicted molar refractivity (Wildman–Crippen MR) is 128 cm³/mol. The van der Waals surface area contributed by atoms with Crippen LogP contribution in [0, 0.1) is 0 Å². The molecule has 1 heterocycles. The van der Waals surface area contributed by atoms with Crippen LogP contribution in [0.3, 0.4) is 0 Å². The molecule has 180 valence electrons. The third-order valence-corrected chi connectivity index (χ3v) is 5.30. The largest absolute Gasteiger partial charge is 0.493 e. The number of carbonyl (C=O) groups excluding carboxylic acids is 2. The zero-order valence-corrected chi connectivity index (χ0v) is 20.3. The van der Waals surface area contributed by atoms with Crippen molar-refractivity contribution in [1.29, 1.82) is 0 Å². The maximum Gasteiger partial charge on any atom is 0.255 e. The first-order valence-corrected chi connectivity index (χ1v) is 10.9. The lowest BCUT2D eigenvalue weighted by Crippen LogP contribution is -2.24. The maximum atomic E-state index is 12.7. The Morgan fingerprint density at radius 3 is 2.29 bits per heavy atom. The molecule has 0 saturated heterocycles. The summed E-state index contributed by atoms with van der Waals surface area (Å²) < 4.78 is 15.9. The molecule has 0 unspecified atom stereocenters. The van der Waals surface area contributed by atoms with Crippen molar-refractivity contribution < 1.29 is 23.6 Å². The summed E-state index contributed by atoms with van der Waals surface area (Å²) >= 11 is 0. The van der Waals surface area contributed by atoms with Crippen LogP contribution in [0.25, 0.3) is 11.4 Å². The summed E-state index contributed by atoms with van der Waals surface area (Å²) in [7, 11) is 6.24. The summed E-state index contributed by atoms with van der Waals surface area (Å²) in [6.07, 6.45) is 0.352. The third kappa shape index (κ3) is 5.72. The molecule has 0 bridgehead atoms. The standard InChI is InChI=1S/C25H30N4O5/c1-15(2)16-7-9-17(10-8-16)24-27-23(34-28-24)12-11-22(30)26-19-14-21(33-6)20(32-5)13-18(19)25(31)29(3)4/h7-10,13-15H,11-12H2,1-6H3,(H,26,30). The van der Waals surface area contributed by atoms with E-state index in [1.165, 1.54) is 24.7 Å². The lowest BCUT2D eigenvalue weighted by Gasteiger charge is -2.17. The van der Waals surface area contributed by atoms with Gasteiger partial charge in [0.2, 0.25) is 17.6 Å². The highest BCUT2D eigenvalue weighted by Gasteiger charge is 2.20. The Morgan fingerprint density at radius 2 is 1.71 bits per heavy atom. The fourth-order valence-corrected chi connectivity index (χ4v) is 3.32. The number of anilines is 1. The summed E-state index contributed by atoms with van der Waals surface area (Å²) in [5, 5.41) is 6.81. The van der Waals surface area contributed by atoms with E-state index in [1.54, 1.807) is 26.2 Å². The molecule has 2 amide bonds. The van der Waals surface area contributed by atoms with E-state index in [4.69, 9.17) is 14.0 Å². The molecule has 0 aliphatic rings. The second kappa shape index (κ2) is 10.8. The minimum absolute atomic E-state index is 0.0951. The van der Waals surface area contributed by atoms with Crippen molar-refractivity contribution in [2.45, 2.75) is 32.6 Å². The number of hydrogen-bond acceptors (Lipinski definition) is 7. The van der Waals surface area contributed by atoms with E-state index in [-0.39, 0.29) is 24.7 Å². The first-order chi connectivity index (χ1) is 16.2. The number of benzene rings is 2. The summed E-state index contributed by atoms with van der Waals surface area (Å²) in [4.78, 5) is 31.1. The fraction of sp³-hybridized carbons (Fsp3) is 0.360. The van der Waals surface area contributed by atoms with Crippen LogP contribution in [0.5, 0.6) is 11.5 Å². The van der Waals surface area contributed by atoms with E-state index in [2.05, 4.69) is 29.3 Å². The van der Waals surface area contributed by atoms with Gasteiger partial charge in [-0.25, -0.2) is 0 Å². The van der Waals surface area contributed by atoms with Gasteiger partial charge in [0, 0.05) is 38.6 Å². The van der Waals surface area contributed by atoms with Crippen LogP contribution < -0.4 is 14.8 Å². The van der Waals surface area contributed by atoms with Crippen molar-refractivity contribution >= 4 is 17.5 Å². The van der Waals surface area contributed by atoms with Crippen LogP contribution in [-0.2, 0) is 11.2 Å². The number of carbonyl (C=O) groups is 2. The second-order valence-corrected chi connectivity index (χ2v) is 8.29. The molecule has 3 aromatic rings. The van der Waals surface area contributed by atoms with Crippen LogP contribution >= 0.6 is 0 Å². The fourth-order valence-electron chi connectivity index (χ4n) is 3.32. The number of ether oxygens (including phenoxy) is 2. The molecule has 1 aromatic heterocycles. The van der Waals surface area contributed by atoms with E-state index in [0.717, 1.165) is 5.56 Å². The van der Waals surface area contributed by atoms with Crippen molar-refractivity contribution in [2.24, 2.45) is 0 Å². The van der Waals surface area contributed by atoms with E-state index in [9.17, 15) is 9.59 Å². The van der Waals surface area contributed by atoms with Crippen molar-refractivity contribution in [3.8, 4) is 22.9 Å². The van der Waals surface area contributed by atoms with Gasteiger partial charge in [-0.1, -0.05) is 43.3 Å². The van der Waals surface area contributed by atoms with E-state index >= 15 is 0 Å². The summed E-state index contributed by atoms with van der Waals surface area (Å²) in [5.74, 6) is 1.48. The Balaban J connectivity index is 1.70. The van der Waals surface area contributed by atoms with Gasteiger partial charge in [0.05, 0.1) is 25.5 Å². The molecule has 0 aliphatic carbocycles. The van der Waals surface area contributed by atoms with Gasteiger partial charge in [0.25, 0.3) is 5.91 Å². The number of rotatable bonds is 9. The van der Waals surface area contributed by atoms with E-state index in [1.807, 2.05) is 24.3 Å². The molecule has 34 heavy (non-hydrogen) atoms. The maximum absolute atomic E-state index is 12.7. The van der Waals surface area contributed by atoms with Gasteiger partial charge in [-0.3, -0.25) is 9.59 Å². The first-order valence-electron chi connectivity index (χ1n) is 10.9. The highest BCUT2D eigenvalue weighted by Crippen LogP contribution is 2.34. The van der Waals surface area contributed by atoms with E-state index in [0.29, 0.717) is 40.4 Å². The number of hydrogen-bond donors (Lipinski definition) is 1. The molecule has 9 heteroatoms. The highest BCUT2D eigenvalue weighted by atomic mass is 16.5. The first kappa shape index (κ1) is 24.8. The van der Waals surface area contributed by atoms with Crippen LogP contribution in [0.15, 0.2) is 40.9 Å². The number of methoxy groups -OCH3 is 2. The molecule has 0 radical (unpaired) electrons. The van der Waals surface area contributed by atoms with Crippen LogP contribution in [0.2, 0.25) is 0 Å². The van der Waals surface area contributed by atoms with Gasteiger partial charge >= 0.3 is 0 Å². The summed E-state index contributed by atoms with van der Waals surface area (Å²) in [6.45, 7) is 4.27.